The Morgan fingerprint density at radius 1 is 1.23 bits per heavy atom. The molecule has 2 rings (SSSR count). The van der Waals surface area contributed by atoms with Crippen molar-refractivity contribution in [2.75, 3.05) is 6.61 Å². The van der Waals surface area contributed by atoms with Gasteiger partial charge in [-0.25, -0.2) is 0 Å². The molecular weight excluding hydrogens is 492 g/mol. The number of carbonyl (C=O) groups is 3. The number of allylic oxidation sites excluding steroid dienone is 2. The van der Waals surface area contributed by atoms with Crippen LogP contribution in [0.1, 0.15) is 57.2 Å². The Kier molecular flexibility index (Phi) is 12.7. The van der Waals surface area contributed by atoms with Gasteiger partial charge in [0.25, 0.3) is 0 Å². The molecule has 1 heterocycles. The van der Waals surface area contributed by atoms with Crippen LogP contribution >= 0.6 is 22.9 Å². The first-order chi connectivity index (χ1) is 16.7. The molecule has 0 bridgehead atoms. The number of ketones is 1. The fraction of sp³-hybridized carbons (Fsp3) is 0.577. The zero-order chi connectivity index (χ0) is 25.8. The van der Waals surface area contributed by atoms with Crippen LogP contribution in [0.2, 0.25) is 4.34 Å². The van der Waals surface area contributed by atoms with Crippen molar-refractivity contribution < 1.29 is 34.1 Å². The third kappa shape index (κ3) is 11.1. The zero-order valence-electron chi connectivity index (χ0n) is 20.2. The quantitative estimate of drug-likeness (QED) is 0.209. The molecule has 5 atom stereocenters. The second kappa shape index (κ2) is 15.2. The number of hydrogen-bond donors (Lipinski definition) is 2. The van der Waals surface area contributed by atoms with E-state index in [1.165, 1.54) is 25.2 Å². The Balaban J connectivity index is 1.87. The van der Waals surface area contributed by atoms with E-state index in [0.717, 1.165) is 9.21 Å². The number of aliphatic hydroxyl groups is 2. The lowest BCUT2D eigenvalue weighted by Crippen LogP contribution is -2.24. The summed E-state index contributed by atoms with van der Waals surface area (Å²) in [4.78, 5) is 35.1. The number of aliphatic hydroxyl groups excluding tert-OH is 2. The van der Waals surface area contributed by atoms with Crippen LogP contribution in [-0.2, 0) is 30.3 Å². The first kappa shape index (κ1) is 29.2. The van der Waals surface area contributed by atoms with Crippen molar-refractivity contribution in [1.29, 1.82) is 0 Å². The molecule has 1 aromatic rings. The van der Waals surface area contributed by atoms with Crippen molar-refractivity contribution in [2.45, 2.75) is 77.1 Å². The summed E-state index contributed by atoms with van der Waals surface area (Å²) in [5.74, 6) is -1.35. The zero-order valence-corrected chi connectivity index (χ0v) is 21.8. The number of rotatable bonds is 14. The number of unbranched alkanes of at least 4 members (excludes halogenated alkanes) is 1. The van der Waals surface area contributed by atoms with Gasteiger partial charge in [0.05, 0.1) is 16.5 Å². The summed E-state index contributed by atoms with van der Waals surface area (Å²) in [7, 11) is 0. The summed E-state index contributed by atoms with van der Waals surface area (Å²) < 4.78 is 10.9. The number of halogens is 1. The Labute approximate surface area is 215 Å². The van der Waals surface area contributed by atoms with E-state index in [-0.39, 0.29) is 24.2 Å². The molecule has 0 aromatic carbocycles. The van der Waals surface area contributed by atoms with Crippen molar-refractivity contribution in [2.24, 2.45) is 11.8 Å². The van der Waals surface area contributed by atoms with Gasteiger partial charge in [-0.3, -0.25) is 14.4 Å². The molecule has 0 unspecified atom stereocenters. The summed E-state index contributed by atoms with van der Waals surface area (Å²) in [5.41, 5.74) is 0. The first-order valence-corrected chi connectivity index (χ1v) is 13.1. The highest BCUT2D eigenvalue weighted by molar-refractivity contribution is 7.16. The smallest absolute Gasteiger partial charge is 0.303 e. The molecule has 0 radical (unpaired) electrons. The lowest BCUT2D eigenvalue weighted by molar-refractivity contribution is -0.147. The maximum absolute atomic E-state index is 11.6. The van der Waals surface area contributed by atoms with Crippen molar-refractivity contribution in [3.8, 4) is 0 Å². The number of ether oxygens (including phenoxy) is 2. The summed E-state index contributed by atoms with van der Waals surface area (Å²) >= 11 is 7.45. The van der Waals surface area contributed by atoms with E-state index >= 15 is 0 Å². The average Bonchev–Trinajstić information content (AvgIpc) is 3.33. The van der Waals surface area contributed by atoms with Crippen LogP contribution < -0.4 is 0 Å². The highest BCUT2D eigenvalue weighted by Crippen LogP contribution is 2.38. The van der Waals surface area contributed by atoms with Gasteiger partial charge in [0.15, 0.2) is 5.78 Å². The van der Waals surface area contributed by atoms with Gasteiger partial charge in [-0.1, -0.05) is 35.9 Å². The molecular formula is C26H35ClO7S. The van der Waals surface area contributed by atoms with Crippen LogP contribution in [0, 0.1) is 11.8 Å². The molecule has 0 spiro atoms. The van der Waals surface area contributed by atoms with Crippen LogP contribution in [0.3, 0.4) is 0 Å². The van der Waals surface area contributed by atoms with Crippen LogP contribution in [0.25, 0.3) is 0 Å². The van der Waals surface area contributed by atoms with Gasteiger partial charge in [-0.2, -0.15) is 0 Å². The first-order valence-electron chi connectivity index (χ1n) is 11.9. The number of thiophene rings is 1. The van der Waals surface area contributed by atoms with E-state index in [0.29, 0.717) is 44.9 Å². The van der Waals surface area contributed by atoms with E-state index in [9.17, 15) is 24.6 Å². The second-order valence-corrected chi connectivity index (χ2v) is 10.6. The van der Waals surface area contributed by atoms with Crippen LogP contribution in [0.4, 0.5) is 0 Å². The van der Waals surface area contributed by atoms with E-state index in [1.54, 1.807) is 6.08 Å². The summed E-state index contributed by atoms with van der Waals surface area (Å²) in [6, 6.07) is 3.79. The third-order valence-electron chi connectivity index (χ3n) is 5.92. The van der Waals surface area contributed by atoms with E-state index < -0.39 is 30.3 Å². The second-order valence-electron chi connectivity index (χ2n) is 8.81. The van der Waals surface area contributed by atoms with Gasteiger partial charge in [-0.15, -0.1) is 11.3 Å². The summed E-state index contributed by atoms with van der Waals surface area (Å²) in [5, 5.41) is 21.1. The minimum absolute atomic E-state index is 0.116. The Morgan fingerprint density at radius 2 is 2.00 bits per heavy atom. The van der Waals surface area contributed by atoms with Gasteiger partial charge in [0.2, 0.25) is 0 Å². The molecule has 1 aliphatic rings. The Morgan fingerprint density at radius 3 is 2.66 bits per heavy atom. The van der Waals surface area contributed by atoms with Crippen LogP contribution in [0.15, 0.2) is 36.4 Å². The van der Waals surface area contributed by atoms with E-state index in [1.807, 2.05) is 30.4 Å². The molecule has 1 fully saturated rings. The Bertz CT molecular complexity index is 894. The van der Waals surface area contributed by atoms with Crippen molar-refractivity contribution in [1.82, 2.24) is 0 Å². The van der Waals surface area contributed by atoms with Gasteiger partial charge >= 0.3 is 11.9 Å². The van der Waals surface area contributed by atoms with Crippen LogP contribution in [0.5, 0.6) is 0 Å². The predicted octanol–water partition coefficient (Wildman–Crippen LogP) is 4.43. The summed E-state index contributed by atoms with van der Waals surface area (Å²) in [6.45, 7) is 2.43. The fourth-order valence-corrected chi connectivity index (χ4v) is 5.30. The minimum atomic E-state index is -0.660. The van der Waals surface area contributed by atoms with E-state index in [2.05, 4.69) is 4.74 Å². The highest BCUT2D eigenvalue weighted by Gasteiger charge is 2.42. The largest absolute Gasteiger partial charge is 0.462 e. The molecule has 1 aromatic heterocycles. The Hall–Kier alpha value is -2.00. The van der Waals surface area contributed by atoms with Crippen LogP contribution in [-0.4, -0.2) is 52.9 Å². The van der Waals surface area contributed by atoms with Gasteiger partial charge in [-0.05, 0) is 50.2 Å². The van der Waals surface area contributed by atoms with Crippen molar-refractivity contribution >= 4 is 40.7 Å². The lowest BCUT2D eigenvalue weighted by atomic mass is 9.89. The van der Waals surface area contributed by atoms with Gasteiger partial charge < -0.3 is 19.7 Å². The monoisotopic (exact) mass is 526 g/mol. The van der Waals surface area contributed by atoms with Crippen molar-refractivity contribution in [3.63, 3.8) is 0 Å². The van der Waals surface area contributed by atoms with Gasteiger partial charge in [0, 0.05) is 37.5 Å². The lowest BCUT2D eigenvalue weighted by Gasteiger charge is -2.22. The number of carbonyl (C=O) groups excluding carboxylic acids is 3. The molecule has 7 nitrogen and oxygen atoms in total. The molecule has 9 heteroatoms. The SMILES string of the molecule is CC(=O)OCC(=O)CCCC=CC[C@@H]1[C@@H](C=C[C@@H](O)CCc2ccc(Cl)s2)[C@H](OC(C)=O)C[C@@H]1O. The van der Waals surface area contributed by atoms with Crippen molar-refractivity contribution in [3.05, 3.63) is 45.7 Å². The summed E-state index contributed by atoms with van der Waals surface area (Å²) in [6.07, 6.45) is 9.63. The normalized spacial score (nSPS) is 23.1. The van der Waals surface area contributed by atoms with Gasteiger partial charge in [0.1, 0.15) is 12.7 Å². The molecule has 35 heavy (non-hydrogen) atoms. The highest BCUT2D eigenvalue weighted by atomic mass is 35.5. The minimum Gasteiger partial charge on any atom is -0.462 e. The number of esters is 2. The molecule has 0 amide bonds. The molecule has 0 saturated heterocycles. The molecule has 2 N–H and O–H groups in total. The molecule has 1 aliphatic carbocycles. The third-order valence-corrected chi connectivity index (χ3v) is 7.21. The maximum Gasteiger partial charge on any atom is 0.303 e. The standard InChI is InChI=1S/C26H35ClO7S/c1-17(28)33-16-20(31)7-5-3-4-6-8-22-23(25(15-24(22)32)34-18(2)29)13-10-19(30)9-11-21-12-14-26(27)35-21/h4,6,10,12-14,19,22-25,30,32H,3,5,7-9,11,15-16H2,1-2H3/t19-,22+,23+,24-,25+/m0/s1. The average molecular weight is 527 g/mol. The number of hydrogen-bond acceptors (Lipinski definition) is 8. The fourth-order valence-electron chi connectivity index (χ4n) is 4.19. The molecule has 0 aliphatic heterocycles. The molecule has 194 valence electrons. The maximum atomic E-state index is 11.6. The number of Topliss-reactive ketones (excluding diaryl/α,β-unsaturated/α-hetero) is 1. The van der Waals surface area contributed by atoms with E-state index in [4.69, 9.17) is 16.3 Å². The topological polar surface area (TPSA) is 110 Å². The predicted molar refractivity (Wildman–Crippen MR) is 135 cm³/mol. The number of aryl methyl sites for hydroxylation is 1. The molecule has 1 saturated carbocycles.